The Balaban J connectivity index is 2.17. The average molecular weight is 311 g/mol. The number of rotatable bonds is 6. The van der Waals surface area contributed by atoms with Crippen molar-refractivity contribution in [2.45, 2.75) is 25.3 Å². The molecule has 0 spiro atoms. The first-order valence-electron chi connectivity index (χ1n) is 7.31. The zero-order valence-corrected chi connectivity index (χ0v) is 13.7. The van der Waals surface area contributed by atoms with E-state index in [0.717, 1.165) is 18.7 Å². The maximum absolute atomic E-state index is 12.5. The summed E-state index contributed by atoms with van der Waals surface area (Å²) >= 11 is 6.06. The van der Waals surface area contributed by atoms with Gasteiger partial charge in [0.25, 0.3) is 0 Å². The van der Waals surface area contributed by atoms with E-state index in [1.165, 1.54) is 5.56 Å². The van der Waals surface area contributed by atoms with Crippen molar-refractivity contribution < 1.29 is 9.53 Å². The number of fused-ring (bicyclic) bond motifs is 1. The van der Waals surface area contributed by atoms with Crippen LogP contribution in [0.25, 0.3) is 0 Å². The molecule has 0 bridgehead atoms. The zero-order chi connectivity index (χ0) is 15.5. The Hall–Kier alpha value is -1.10. The maximum atomic E-state index is 12.5. The van der Waals surface area contributed by atoms with E-state index in [1.807, 2.05) is 39.2 Å². The molecule has 0 saturated heterocycles. The highest BCUT2D eigenvalue weighted by molar-refractivity contribution is 6.30. The minimum atomic E-state index is -0.654. The van der Waals surface area contributed by atoms with Gasteiger partial charge in [-0.15, -0.1) is 0 Å². The number of benzene rings is 1. The fourth-order valence-corrected chi connectivity index (χ4v) is 2.97. The van der Waals surface area contributed by atoms with Crippen molar-refractivity contribution in [3.05, 3.63) is 34.3 Å². The molecule has 0 aromatic heterocycles. The van der Waals surface area contributed by atoms with E-state index in [2.05, 4.69) is 10.2 Å². The van der Waals surface area contributed by atoms with Gasteiger partial charge in [-0.25, -0.2) is 0 Å². The highest BCUT2D eigenvalue weighted by atomic mass is 35.5. The van der Waals surface area contributed by atoms with Gasteiger partial charge in [-0.1, -0.05) is 17.7 Å². The SMILES string of the molecule is CCOC(=O)C1(NCCN(C)C)Cc2ccc(Cl)cc2C1. The van der Waals surface area contributed by atoms with Crippen molar-refractivity contribution in [1.29, 1.82) is 0 Å². The first kappa shape index (κ1) is 16.3. The number of hydrogen-bond donors (Lipinski definition) is 1. The molecule has 2 rings (SSSR count). The highest BCUT2D eigenvalue weighted by Crippen LogP contribution is 2.33. The molecule has 1 unspecified atom stereocenters. The summed E-state index contributed by atoms with van der Waals surface area (Å²) in [5.41, 5.74) is 1.65. The molecule has 0 amide bonds. The molecule has 21 heavy (non-hydrogen) atoms. The van der Waals surface area contributed by atoms with Crippen molar-refractivity contribution in [3.8, 4) is 0 Å². The monoisotopic (exact) mass is 310 g/mol. The van der Waals surface area contributed by atoms with Crippen molar-refractivity contribution >= 4 is 17.6 Å². The lowest BCUT2D eigenvalue weighted by Gasteiger charge is -2.28. The molecular formula is C16H23ClN2O2. The normalized spacial score (nSPS) is 20.6. The fourth-order valence-electron chi connectivity index (χ4n) is 2.77. The number of carbonyl (C=O) groups excluding carboxylic acids is 1. The Morgan fingerprint density at radius 3 is 2.76 bits per heavy atom. The lowest BCUT2D eigenvalue weighted by molar-refractivity contribution is -0.150. The number of halogens is 1. The summed E-state index contributed by atoms with van der Waals surface area (Å²) in [6.07, 6.45) is 1.29. The number of esters is 1. The van der Waals surface area contributed by atoms with Gasteiger partial charge in [0.2, 0.25) is 0 Å². The van der Waals surface area contributed by atoms with Gasteiger partial charge in [-0.3, -0.25) is 4.79 Å². The fraction of sp³-hybridized carbons (Fsp3) is 0.562. The smallest absolute Gasteiger partial charge is 0.327 e. The second-order valence-electron chi connectivity index (χ2n) is 5.80. The van der Waals surface area contributed by atoms with Crippen LogP contribution < -0.4 is 5.32 Å². The Bertz CT molecular complexity index is 519. The van der Waals surface area contributed by atoms with Gasteiger partial charge in [0, 0.05) is 31.0 Å². The molecule has 1 aromatic carbocycles. The van der Waals surface area contributed by atoms with E-state index < -0.39 is 5.54 Å². The van der Waals surface area contributed by atoms with Crippen LogP contribution in [0.1, 0.15) is 18.1 Å². The van der Waals surface area contributed by atoms with E-state index in [-0.39, 0.29) is 5.97 Å². The van der Waals surface area contributed by atoms with E-state index in [9.17, 15) is 4.79 Å². The highest BCUT2D eigenvalue weighted by Gasteiger charge is 2.44. The summed E-state index contributed by atoms with van der Waals surface area (Å²) in [5.74, 6) is -0.170. The third-order valence-electron chi connectivity index (χ3n) is 3.84. The van der Waals surface area contributed by atoms with Gasteiger partial charge >= 0.3 is 5.97 Å². The van der Waals surface area contributed by atoms with Crippen LogP contribution in [-0.4, -0.2) is 50.2 Å². The molecule has 0 radical (unpaired) electrons. The summed E-state index contributed by atoms with van der Waals surface area (Å²) in [6.45, 7) is 3.85. The Morgan fingerprint density at radius 2 is 2.10 bits per heavy atom. The number of nitrogens with one attached hydrogen (secondary N) is 1. The van der Waals surface area contributed by atoms with E-state index in [1.54, 1.807) is 0 Å². The van der Waals surface area contributed by atoms with Crippen LogP contribution in [-0.2, 0) is 22.4 Å². The van der Waals surface area contributed by atoms with Gasteiger partial charge in [-0.2, -0.15) is 0 Å². The zero-order valence-electron chi connectivity index (χ0n) is 12.9. The van der Waals surface area contributed by atoms with Crippen LogP contribution in [0, 0.1) is 0 Å². The first-order valence-corrected chi connectivity index (χ1v) is 7.69. The molecule has 0 heterocycles. The van der Waals surface area contributed by atoms with Crippen LogP contribution in [0.4, 0.5) is 0 Å². The van der Waals surface area contributed by atoms with Crippen LogP contribution in [0.3, 0.4) is 0 Å². The average Bonchev–Trinajstić information content (AvgIpc) is 2.77. The first-order chi connectivity index (χ1) is 9.97. The van der Waals surface area contributed by atoms with Crippen LogP contribution in [0.2, 0.25) is 5.02 Å². The van der Waals surface area contributed by atoms with Crippen LogP contribution in [0.15, 0.2) is 18.2 Å². The van der Waals surface area contributed by atoms with Gasteiger partial charge in [0.05, 0.1) is 6.61 Å². The molecule has 1 N–H and O–H groups in total. The molecular weight excluding hydrogens is 288 g/mol. The molecule has 1 aromatic rings. The lowest BCUT2D eigenvalue weighted by atomic mass is 9.95. The molecule has 0 fully saturated rings. The number of ether oxygens (including phenoxy) is 1. The standard InChI is InChI=1S/C16H23ClN2O2/c1-4-21-15(20)16(18-7-8-19(2)3)10-12-5-6-14(17)9-13(12)11-16/h5-6,9,18H,4,7-8,10-11H2,1-3H3. The second-order valence-corrected chi connectivity index (χ2v) is 6.24. The third kappa shape index (κ3) is 3.76. The summed E-state index contributed by atoms with van der Waals surface area (Å²) in [7, 11) is 4.03. The largest absolute Gasteiger partial charge is 0.465 e. The Morgan fingerprint density at radius 1 is 1.38 bits per heavy atom. The number of nitrogens with zero attached hydrogens (tertiary/aromatic N) is 1. The Kier molecular flexibility index (Phi) is 5.25. The maximum Gasteiger partial charge on any atom is 0.327 e. The molecule has 1 atom stereocenters. The summed E-state index contributed by atoms with van der Waals surface area (Å²) < 4.78 is 5.30. The van der Waals surface area contributed by atoms with Crippen molar-refractivity contribution in [1.82, 2.24) is 10.2 Å². The van der Waals surface area contributed by atoms with Crippen molar-refractivity contribution in [2.75, 3.05) is 33.8 Å². The van der Waals surface area contributed by atoms with Gasteiger partial charge in [-0.05, 0) is 44.3 Å². The molecule has 1 aliphatic carbocycles. The molecule has 5 heteroatoms. The van der Waals surface area contributed by atoms with Crippen LogP contribution in [0.5, 0.6) is 0 Å². The van der Waals surface area contributed by atoms with Gasteiger partial charge < -0.3 is 15.0 Å². The number of hydrogen-bond acceptors (Lipinski definition) is 4. The minimum Gasteiger partial charge on any atom is -0.465 e. The Labute approximate surface area is 131 Å². The summed E-state index contributed by atoms with van der Waals surface area (Å²) in [4.78, 5) is 14.6. The minimum absolute atomic E-state index is 0.170. The molecule has 0 saturated carbocycles. The lowest BCUT2D eigenvalue weighted by Crippen LogP contribution is -2.55. The molecule has 0 aliphatic heterocycles. The van der Waals surface area contributed by atoms with E-state index >= 15 is 0 Å². The predicted molar refractivity (Wildman–Crippen MR) is 84.8 cm³/mol. The molecule has 4 nitrogen and oxygen atoms in total. The second kappa shape index (κ2) is 6.77. The van der Waals surface area contributed by atoms with Crippen molar-refractivity contribution in [2.24, 2.45) is 0 Å². The summed E-state index contributed by atoms with van der Waals surface area (Å²) in [5, 5.41) is 4.13. The van der Waals surface area contributed by atoms with E-state index in [0.29, 0.717) is 24.5 Å². The summed E-state index contributed by atoms with van der Waals surface area (Å²) in [6, 6.07) is 5.83. The quantitative estimate of drug-likeness (QED) is 0.815. The predicted octanol–water partition coefficient (Wildman–Crippen LogP) is 1.89. The molecule has 116 valence electrons. The number of carbonyl (C=O) groups is 1. The topological polar surface area (TPSA) is 41.6 Å². The number of likely N-dealkylation sites (N-methyl/N-ethyl adjacent to an activating group) is 1. The van der Waals surface area contributed by atoms with Crippen molar-refractivity contribution in [3.63, 3.8) is 0 Å². The van der Waals surface area contributed by atoms with E-state index in [4.69, 9.17) is 16.3 Å². The van der Waals surface area contributed by atoms with Gasteiger partial charge in [0.15, 0.2) is 0 Å². The van der Waals surface area contributed by atoms with Gasteiger partial charge in [0.1, 0.15) is 5.54 Å². The van der Waals surface area contributed by atoms with Crippen LogP contribution >= 0.6 is 11.6 Å². The molecule has 1 aliphatic rings. The third-order valence-corrected chi connectivity index (χ3v) is 4.08.